The number of piperidine rings is 1. The molecule has 1 aliphatic heterocycles. The molecule has 0 spiro atoms. The van der Waals surface area contributed by atoms with Crippen LogP contribution in [0, 0.1) is 12.8 Å². The topological polar surface area (TPSA) is 75.0 Å². The lowest BCUT2D eigenvalue weighted by Crippen LogP contribution is -2.41. The van der Waals surface area contributed by atoms with E-state index in [1.165, 1.54) is 5.39 Å². The Morgan fingerprint density at radius 1 is 1.22 bits per heavy atom. The number of hydrogen-bond acceptors (Lipinski definition) is 5. The number of nitrogens with zero attached hydrogens (tertiary/aromatic N) is 3. The number of benzene rings is 2. The zero-order valence-electron chi connectivity index (χ0n) is 18.1. The largest absolute Gasteiger partial charge is 0.360 e. The third kappa shape index (κ3) is 4.43. The lowest BCUT2D eigenvalue weighted by Gasteiger charge is -2.32. The van der Waals surface area contributed by atoms with Crippen LogP contribution in [0.3, 0.4) is 0 Å². The first-order chi connectivity index (χ1) is 15.7. The summed E-state index contributed by atoms with van der Waals surface area (Å²) in [6.45, 7) is 3.61. The molecule has 1 aliphatic rings. The van der Waals surface area contributed by atoms with Crippen LogP contribution in [-0.4, -0.2) is 44.8 Å². The van der Waals surface area contributed by atoms with Crippen molar-refractivity contribution in [1.82, 2.24) is 20.0 Å². The highest BCUT2D eigenvalue weighted by Gasteiger charge is 2.26. The number of para-hydroxylation sites is 1. The Balaban J connectivity index is 1.18. The number of carbonyl (C=O) groups excluding carboxylic acids is 1. The molecule has 1 saturated heterocycles. The van der Waals surface area contributed by atoms with Gasteiger partial charge in [-0.05, 0) is 37.3 Å². The van der Waals surface area contributed by atoms with E-state index in [0.29, 0.717) is 29.8 Å². The summed E-state index contributed by atoms with van der Waals surface area (Å²) in [6.07, 6.45) is 4.77. The molecule has 2 aromatic carbocycles. The molecule has 1 amide bonds. The van der Waals surface area contributed by atoms with Gasteiger partial charge in [0.05, 0.1) is 5.75 Å². The number of hydrogen-bond donors (Lipinski definition) is 1. The summed E-state index contributed by atoms with van der Waals surface area (Å²) in [4.78, 5) is 23.9. The monoisotopic (exact) mass is 446 g/mol. The highest BCUT2D eigenvalue weighted by atomic mass is 32.2. The van der Waals surface area contributed by atoms with Crippen LogP contribution in [0.15, 0.2) is 64.1 Å². The molecule has 4 aromatic rings. The fourth-order valence-corrected chi connectivity index (χ4v) is 5.31. The van der Waals surface area contributed by atoms with Crippen molar-refractivity contribution in [3.8, 4) is 11.4 Å². The maximum absolute atomic E-state index is 12.9. The van der Waals surface area contributed by atoms with Crippen molar-refractivity contribution in [2.75, 3.05) is 18.8 Å². The molecule has 6 nitrogen and oxygen atoms in total. The average Bonchev–Trinajstić information content (AvgIpc) is 3.45. The lowest BCUT2D eigenvalue weighted by atomic mass is 9.95. The van der Waals surface area contributed by atoms with E-state index in [4.69, 9.17) is 4.52 Å². The van der Waals surface area contributed by atoms with E-state index in [1.807, 2.05) is 54.4 Å². The predicted molar refractivity (Wildman–Crippen MR) is 127 cm³/mol. The summed E-state index contributed by atoms with van der Waals surface area (Å²) >= 11 is 1.60. The van der Waals surface area contributed by atoms with Crippen LogP contribution in [0.1, 0.15) is 24.3 Å². The normalized spacial score (nSPS) is 16.5. The number of aromatic amines is 1. The number of aryl methyl sites for hydroxylation is 1. The van der Waals surface area contributed by atoms with Gasteiger partial charge in [0.25, 0.3) is 0 Å². The third-order valence-corrected chi connectivity index (χ3v) is 7.13. The number of aromatic nitrogens is 3. The highest BCUT2D eigenvalue weighted by molar-refractivity contribution is 8.00. The van der Waals surface area contributed by atoms with Gasteiger partial charge in [0.1, 0.15) is 0 Å². The van der Waals surface area contributed by atoms with E-state index in [1.54, 1.807) is 11.8 Å². The van der Waals surface area contributed by atoms with Gasteiger partial charge >= 0.3 is 0 Å². The summed E-state index contributed by atoms with van der Waals surface area (Å²) in [6, 6.07) is 16.2. The predicted octanol–water partition coefficient (Wildman–Crippen LogP) is 5.10. The van der Waals surface area contributed by atoms with Crippen molar-refractivity contribution < 1.29 is 9.32 Å². The smallest absolute Gasteiger partial charge is 0.232 e. The first-order valence-corrected chi connectivity index (χ1v) is 12.0. The standard InChI is InChI=1S/C25H26N4O2S/c1-17-7-2-3-9-19(17)25-27-23(31-28-25)13-18-8-6-12-29(15-18)24(30)16-32-22-14-26-21-11-5-4-10-20(21)22/h2-5,7,9-11,14,18,26H,6,8,12-13,15-16H2,1H3. The second-order valence-electron chi connectivity index (χ2n) is 8.37. The van der Waals surface area contributed by atoms with Crippen LogP contribution in [0.5, 0.6) is 0 Å². The maximum atomic E-state index is 12.9. The van der Waals surface area contributed by atoms with Crippen LogP contribution in [0.4, 0.5) is 0 Å². The fourth-order valence-electron chi connectivity index (χ4n) is 4.37. The molecule has 7 heteroatoms. The second-order valence-corrected chi connectivity index (χ2v) is 9.38. The van der Waals surface area contributed by atoms with Gasteiger partial charge in [-0.2, -0.15) is 4.98 Å². The van der Waals surface area contributed by atoms with Gasteiger partial charge in [-0.15, -0.1) is 11.8 Å². The minimum Gasteiger partial charge on any atom is -0.360 e. The minimum atomic E-state index is 0.191. The third-order valence-electron chi connectivity index (χ3n) is 6.09. The van der Waals surface area contributed by atoms with E-state index in [9.17, 15) is 4.79 Å². The van der Waals surface area contributed by atoms with E-state index in [-0.39, 0.29) is 5.91 Å². The van der Waals surface area contributed by atoms with Gasteiger partial charge in [0.2, 0.25) is 17.6 Å². The molecule has 164 valence electrons. The van der Waals surface area contributed by atoms with Crippen molar-refractivity contribution in [3.63, 3.8) is 0 Å². The molecule has 5 rings (SSSR count). The average molecular weight is 447 g/mol. The zero-order valence-corrected chi connectivity index (χ0v) is 18.9. The van der Waals surface area contributed by atoms with Crippen LogP contribution >= 0.6 is 11.8 Å². The van der Waals surface area contributed by atoms with Gasteiger partial charge in [-0.3, -0.25) is 4.79 Å². The quantitative estimate of drug-likeness (QED) is 0.417. The number of amides is 1. The van der Waals surface area contributed by atoms with Crippen molar-refractivity contribution in [1.29, 1.82) is 0 Å². The number of H-pyrrole nitrogens is 1. The van der Waals surface area contributed by atoms with Crippen molar-refractivity contribution in [3.05, 3.63) is 66.2 Å². The Kier molecular flexibility index (Phi) is 5.99. The lowest BCUT2D eigenvalue weighted by molar-refractivity contribution is -0.130. The molecule has 0 aliphatic carbocycles. The van der Waals surface area contributed by atoms with Gasteiger partial charge in [0.15, 0.2) is 0 Å². The fraction of sp³-hybridized carbons (Fsp3) is 0.320. The molecule has 0 radical (unpaired) electrons. The minimum absolute atomic E-state index is 0.191. The number of fused-ring (bicyclic) bond motifs is 1. The summed E-state index contributed by atoms with van der Waals surface area (Å²) < 4.78 is 5.54. The number of likely N-dealkylation sites (tertiary alicyclic amines) is 1. The van der Waals surface area contributed by atoms with E-state index >= 15 is 0 Å². The molecule has 1 atom stereocenters. The summed E-state index contributed by atoms with van der Waals surface area (Å²) in [5.74, 6) is 2.27. The van der Waals surface area contributed by atoms with E-state index in [0.717, 1.165) is 47.5 Å². The second kappa shape index (κ2) is 9.20. The number of carbonyl (C=O) groups is 1. The molecular weight excluding hydrogens is 420 g/mol. The number of rotatable bonds is 6. The first-order valence-electron chi connectivity index (χ1n) is 11.0. The molecule has 1 N–H and O–H groups in total. The summed E-state index contributed by atoms with van der Waals surface area (Å²) in [5, 5.41) is 5.35. The molecule has 32 heavy (non-hydrogen) atoms. The Bertz CT molecular complexity index is 1230. The Hall–Kier alpha value is -3.06. The van der Waals surface area contributed by atoms with Gasteiger partial charge in [-0.25, -0.2) is 0 Å². The van der Waals surface area contributed by atoms with Crippen molar-refractivity contribution >= 4 is 28.6 Å². The molecule has 0 bridgehead atoms. The first kappa shape index (κ1) is 20.8. The molecule has 1 unspecified atom stereocenters. The Morgan fingerprint density at radius 3 is 2.97 bits per heavy atom. The van der Waals surface area contributed by atoms with E-state index in [2.05, 4.69) is 27.3 Å². The van der Waals surface area contributed by atoms with Crippen LogP contribution in [0.25, 0.3) is 22.3 Å². The molecule has 3 heterocycles. The highest BCUT2D eigenvalue weighted by Crippen LogP contribution is 2.29. The van der Waals surface area contributed by atoms with Crippen molar-refractivity contribution in [2.45, 2.75) is 31.1 Å². The molecule has 0 saturated carbocycles. The molecular formula is C25H26N4O2S. The molecule has 2 aromatic heterocycles. The van der Waals surface area contributed by atoms with Gasteiger partial charge in [-0.1, -0.05) is 47.6 Å². The van der Waals surface area contributed by atoms with Crippen molar-refractivity contribution in [2.24, 2.45) is 5.92 Å². The zero-order chi connectivity index (χ0) is 21.9. The SMILES string of the molecule is Cc1ccccc1-c1noc(CC2CCCN(C(=O)CSc3c[nH]c4ccccc34)C2)n1. The number of nitrogens with one attached hydrogen (secondary N) is 1. The Morgan fingerprint density at radius 2 is 2.06 bits per heavy atom. The van der Waals surface area contributed by atoms with Gasteiger partial charge in [0, 0.05) is 47.1 Å². The maximum Gasteiger partial charge on any atom is 0.232 e. The van der Waals surface area contributed by atoms with E-state index < -0.39 is 0 Å². The summed E-state index contributed by atoms with van der Waals surface area (Å²) in [7, 11) is 0. The summed E-state index contributed by atoms with van der Waals surface area (Å²) in [5.41, 5.74) is 3.23. The number of thioether (sulfide) groups is 1. The van der Waals surface area contributed by atoms with Gasteiger partial charge < -0.3 is 14.4 Å². The Labute approximate surface area is 191 Å². The molecule has 1 fully saturated rings. The van der Waals surface area contributed by atoms with Crippen LogP contribution in [-0.2, 0) is 11.2 Å². The van der Waals surface area contributed by atoms with Crippen LogP contribution in [0.2, 0.25) is 0 Å². The van der Waals surface area contributed by atoms with Crippen LogP contribution < -0.4 is 0 Å².